The zero-order chi connectivity index (χ0) is 13.2. The van der Waals surface area contributed by atoms with Crippen molar-refractivity contribution in [3.63, 3.8) is 0 Å². The second kappa shape index (κ2) is 5.72. The fourth-order valence-corrected chi connectivity index (χ4v) is 4.42. The minimum absolute atomic E-state index is 0.284. The second-order valence-electron chi connectivity index (χ2n) is 4.64. The zero-order valence-electron chi connectivity index (χ0n) is 10.5. The van der Waals surface area contributed by atoms with Gasteiger partial charge >= 0.3 is 0 Å². The van der Waals surface area contributed by atoms with E-state index in [4.69, 9.17) is 0 Å². The molecule has 5 heteroatoms. The zero-order valence-corrected chi connectivity index (χ0v) is 12.9. The van der Waals surface area contributed by atoms with Crippen molar-refractivity contribution in [3.8, 4) is 0 Å². The van der Waals surface area contributed by atoms with Crippen LogP contribution in [0.3, 0.4) is 0 Å². The predicted molar refractivity (Wildman–Crippen MR) is 76.5 cm³/mol. The smallest absolute Gasteiger partial charge is 0.207 e. The molecule has 1 unspecified atom stereocenters. The van der Waals surface area contributed by atoms with Crippen molar-refractivity contribution in [2.24, 2.45) is 0 Å². The highest BCUT2D eigenvalue weighted by molar-refractivity contribution is 9.09. The third kappa shape index (κ3) is 2.95. The molecule has 1 heterocycles. The standard InChI is InChI=1S/C13H18BrNO2S/c1-2-3-11-4-6-13(7-5-11)18(16,17)15-9-8-12(14)10-15/h4-7,12H,2-3,8-10H2,1H3. The number of hydrogen-bond acceptors (Lipinski definition) is 2. The van der Waals surface area contributed by atoms with Crippen LogP contribution in [0.4, 0.5) is 0 Å². The highest BCUT2D eigenvalue weighted by Gasteiger charge is 2.31. The number of rotatable bonds is 4. The summed E-state index contributed by atoms with van der Waals surface area (Å²) in [7, 11) is -3.30. The largest absolute Gasteiger partial charge is 0.243 e. The van der Waals surface area contributed by atoms with E-state index in [0.29, 0.717) is 18.0 Å². The van der Waals surface area contributed by atoms with Gasteiger partial charge in [-0.3, -0.25) is 0 Å². The van der Waals surface area contributed by atoms with Gasteiger partial charge < -0.3 is 0 Å². The molecule has 1 saturated heterocycles. The molecule has 1 aliphatic rings. The van der Waals surface area contributed by atoms with Crippen molar-refractivity contribution in [1.82, 2.24) is 4.31 Å². The van der Waals surface area contributed by atoms with Crippen LogP contribution in [0.5, 0.6) is 0 Å². The molecule has 0 saturated carbocycles. The molecule has 0 amide bonds. The fraction of sp³-hybridized carbons (Fsp3) is 0.538. The van der Waals surface area contributed by atoms with Gasteiger partial charge in [0.15, 0.2) is 0 Å². The summed E-state index contributed by atoms with van der Waals surface area (Å²) in [5.41, 5.74) is 1.19. The molecule has 2 rings (SSSR count). The van der Waals surface area contributed by atoms with E-state index in [-0.39, 0.29) is 4.83 Å². The Kier molecular flexibility index (Phi) is 4.45. The van der Waals surface area contributed by atoms with Crippen molar-refractivity contribution in [2.45, 2.75) is 35.9 Å². The number of alkyl halides is 1. The minimum Gasteiger partial charge on any atom is -0.207 e. The molecule has 0 aromatic heterocycles. The third-order valence-electron chi connectivity index (χ3n) is 3.19. The first-order valence-corrected chi connectivity index (χ1v) is 8.62. The molecule has 1 atom stereocenters. The van der Waals surface area contributed by atoms with Gasteiger partial charge in [-0.25, -0.2) is 8.42 Å². The molecule has 1 aromatic carbocycles. The Morgan fingerprint density at radius 3 is 2.50 bits per heavy atom. The van der Waals surface area contributed by atoms with Gasteiger partial charge in [-0.2, -0.15) is 4.31 Å². The second-order valence-corrected chi connectivity index (χ2v) is 7.88. The van der Waals surface area contributed by atoms with E-state index in [1.165, 1.54) is 5.56 Å². The molecule has 0 aliphatic carbocycles. The van der Waals surface area contributed by atoms with Gasteiger partial charge in [0.05, 0.1) is 4.90 Å². The first kappa shape index (κ1) is 14.0. The van der Waals surface area contributed by atoms with E-state index in [1.54, 1.807) is 16.4 Å². The minimum atomic E-state index is -3.30. The summed E-state index contributed by atoms with van der Waals surface area (Å²) in [6.45, 7) is 3.29. The Bertz CT molecular complexity index is 498. The summed E-state index contributed by atoms with van der Waals surface area (Å²) >= 11 is 3.47. The van der Waals surface area contributed by atoms with Crippen LogP contribution in [0.25, 0.3) is 0 Å². The molecular weight excluding hydrogens is 314 g/mol. The quantitative estimate of drug-likeness (QED) is 0.795. The van der Waals surface area contributed by atoms with Crippen LogP contribution in [0.15, 0.2) is 29.2 Å². The first-order chi connectivity index (χ1) is 8.54. The Balaban J connectivity index is 2.19. The highest BCUT2D eigenvalue weighted by atomic mass is 79.9. The lowest BCUT2D eigenvalue weighted by atomic mass is 10.1. The van der Waals surface area contributed by atoms with Gasteiger partial charge in [0.1, 0.15) is 0 Å². The Labute approximate surface area is 117 Å². The topological polar surface area (TPSA) is 37.4 Å². The molecule has 0 bridgehead atoms. The van der Waals surface area contributed by atoms with Gasteiger partial charge in [-0.15, -0.1) is 0 Å². The van der Waals surface area contributed by atoms with E-state index in [9.17, 15) is 8.42 Å². The van der Waals surface area contributed by atoms with Crippen LogP contribution in [-0.2, 0) is 16.4 Å². The lowest BCUT2D eigenvalue weighted by Gasteiger charge is -2.15. The van der Waals surface area contributed by atoms with Gasteiger partial charge in [0.25, 0.3) is 0 Å². The normalized spacial score (nSPS) is 21.3. The molecule has 0 spiro atoms. The average molecular weight is 332 g/mol. The molecule has 1 fully saturated rings. The summed E-state index contributed by atoms with van der Waals surface area (Å²) < 4.78 is 26.3. The fourth-order valence-electron chi connectivity index (χ4n) is 2.17. The summed E-state index contributed by atoms with van der Waals surface area (Å²) in [5.74, 6) is 0. The van der Waals surface area contributed by atoms with Crippen LogP contribution in [-0.4, -0.2) is 30.6 Å². The number of halogens is 1. The maximum atomic E-state index is 12.4. The molecule has 3 nitrogen and oxygen atoms in total. The maximum Gasteiger partial charge on any atom is 0.243 e. The van der Waals surface area contributed by atoms with Crippen molar-refractivity contribution >= 4 is 26.0 Å². The lowest BCUT2D eigenvalue weighted by molar-refractivity contribution is 0.478. The highest BCUT2D eigenvalue weighted by Crippen LogP contribution is 2.24. The van der Waals surface area contributed by atoms with Crippen LogP contribution < -0.4 is 0 Å². The molecule has 100 valence electrons. The van der Waals surface area contributed by atoms with Gasteiger partial charge in [-0.1, -0.05) is 41.4 Å². The lowest BCUT2D eigenvalue weighted by Crippen LogP contribution is -2.28. The van der Waals surface area contributed by atoms with Gasteiger partial charge in [0, 0.05) is 17.9 Å². The number of benzene rings is 1. The monoisotopic (exact) mass is 331 g/mol. The Hall–Kier alpha value is -0.390. The first-order valence-electron chi connectivity index (χ1n) is 6.27. The van der Waals surface area contributed by atoms with Crippen LogP contribution in [0.1, 0.15) is 25.3 Å². The van der Waals surface area contributed by atoms with E-state index in [0.717, 1.165) is 19.3 Å². The number of hydrogen-bond donors (Lipinski definition) is 0. The Morgan fingerprint density at radius 2 is 2.00 bits per heavy atom. The predicted octanol–water partition coefficient (Wildman–Crippen LogP) is 2.80. The van der Waals surface area contributed by atoms with Crippen molar-refractivity contribution in [2.75, 3.05) is 13.1 Å². The summed E-state index contributed by atoms with van der Waals surface area (Å²) in [6, 6.07) is 7.28. The van der Waals surface area contributed by atoms with E-state index < -0.39 is 10.0 Å². The van der Waals surface area contributed by atoms with Crippen molar-refractivity contribution < 1.29 is 8.42 Å². The van der Waals surface area contributed by atoms with Crippen LogP contribution in [0, 0.1) is 0 Å². The van der Waals surface area contributed by atoms with Crippen LogP contribution in [0.2, 0.25) is 0 Å². The third-order valence-corrected chi connectivity index (χ3v) is 5.82. The van der Waals surface area contributed by atoms with E-state index in [1.807, 2.05) is 12.1 Å². The molecular formula is C13H18BrNO2S. The van der Waals surface area contributed by atoms with E-state index >= 15 is 0 Å². The average Bonchev–Trinajstić information content (AvgIpc) is 2.78. The molecule has 0 radical (unpaired) electrons. The molecule has 1 aromatic rings. The summed E-state index contributed by atoms with van der Waals surface area (Å²) in [4.78, 5) is 0.690. The maximum absolute atomic E-state index is 12.4. The Morgan fingerprint density at radius 1 is 1.33 bits per heavy atom. The van der Waals surface area contributed by atoms with Crippen LogP contribution >= 0.6 is 15.9 Å². The van der Waals surface area contributed by atoms with Gasteiger partial charge in [0.2, 0.25) is 10.0 Å². The van der Waals surface area contributed by atoms with Crippen molar-refractivity contribution in [1.29, 1.82) is 0 Å². The van der Waals surface area contributed by atoms with Crippen molar-refractivity contribution in [3.05, 3.63) is 29.8 Å². The summed E-state index contributed by atoms with van der Waals surface area (Å²) in [5, 5.41) is 0. The van der Waals surface area contributed by atoms with E-state index in [2.05, 4.69) is 22.9 Å². The SMILES string of the molecule is CCCc1ccc(S(=O)(=O)N2CCC(Br)C2)cc1. The number of sulfonamides is 1. The molecule has 0 N–H and O–H groups in total. The number of nitrogens with zero attached hydrogens (tertiary/aromatic N) is 1. The molecule has 18 heavy (non-hydrogen) atoms. The molecule has 1 aliphatic heterocycles. The van der Waals surface area contributed by atoms with Gasteiger partial charge in [-0.05, 0) is 30.5 Å². The number of aryl methyl sites for hydroxylation is 1. The summed E-state index contributed by atoms with van der Waals surface area (Å²) in [6.07, 6.45) is 2.95.